The Hall–Kier alpha value is -1.56. The molecule has 0 aliphatic carbocycles. The standard InChI is InChI=1S/C16H15FN2S2/c17-14-3-1-2-12(8-14)4-6-18-10-16-19-9-15(21-16)13-5-7-20-11-13/h1-3,5,7-9,11,18H,4,6,10H2. The summed E-state index contributed by atoms with van der Waals surface area (Å²) in [4.78, 5) is 5.64. The first-order valence-corrected chi connectivity index (χ1v) is 8.49. The molecule has 1 aromatic carbocycles. The van der Waals surface area contributed by atoms with E-state index in [0.29, 0.717) is 0 Å². The van der Waals surface area contributed by atoms with Gasteiger partial charge in [-0.1, -0.05) is 12.1 Å². The molecule has 0 unspecified atom stereocenters. The van der Waals surface area contributed by atoms with Crippen LogP contribution >= 0.6 is 22.7 Å². The smallest absolute Gasteiger partial charge is 0.123 e. The summed E-state index contributed by atoms with van der Waals surface area (Å²) in [5.41, 5.74) is 2.25. The van der Waals surface area contributed by atoms with Gasteiger partial charge >= 0.3 is 0 Å². The van der Waals surface area contributed by atoms with Crippen molar-refractivity contribution in [3.05, 3.63) is 63.7 Å². The summed E-state index contributed by atoms with van der Waals surface area (Å²) in [7, 11) is 0. The maximum atomic E-state index is 13.1. The van der Waals surface area contributed by atoms with E-state index in [9.17, 15) is 4.39 Å². The average Bonchev–Trinajstić information content (AvgIpc) is 3.14. The lowest BCUT2D eigenvalue weighted by atomic mass is 10.1. The van der Waals surface area contributed by atoms with Crippen LogP contribution in [0.25, 0.3) is 10.4 Å². The Morgan fingerprint density at radius 2 is 2.19 bits per heavy atom. The van der Waals surface area contributed by atoms with E-state index >= 15 is 0 Å². The Morgan fingerprint density at radius 1 is 1.24 bits per heavy atom. The highest BCUT2D eigenvalue weighted by molar-refractivity contribution is 7.15. The Kier molecular flexibility index (Phi) is 4.75. The van der Waals surface area contributed by atoms with Crippen LogP contribution < -0.4 is 5.32 Å². The second kappa shape index (κ2) is 6.93. The summed E-state index contributed by atoms with van der Waals surface area (Å²) >= 11 is 3.41. The van der Waals surface area contributed by atoms with E-state index in [0.717, 1.165) is 30.1 Å². The zero-order valence-electron chi connectivity index (χ0n) is 11.4. The van der Waals surface area contributed by atoms with Gasteiger partial charge in [0.15, 0.2) is 0 Å². The molecule has 0 spiro atoms. The minimum absolute atomic E-state index is 0.173. The van der Waals surface area contributed by atoms with Gasteiger partial charge in [0.2, 0.25) is 0 Å². The maximum Gasteiger partial charge on any atom is 0.123 e. The highest BCUT2D eigenvalue weighted by Gasteiger charge is 2.04. The van der Waals surface area contributed by atoms with E-state index in [1.165, 1.54) is 16.5 Å². The Bertz CT molecular complexity index is 692. The molecule has 3 rings (SSSR count). The highest BCUT2D eigenvalue weighted by atomic mass is 32.1. The number of aromatic nitrogens is 1. The van der Waals surface area contributed by atoms with Gasteiger partial charge in [0.1, 0.15) is 10.8 Å². The van der Waals surface area contributed by atoms with E-state index in [4.69, 9.17) is 0 Å². The molecule has 0 saturated heterocycles. The number of hydrogen-bond acceptors (Lipinski definition) is 4. The number of rotatable bonds is 6. The van der Waals surface area contributed by atoms with Crippen molar-refractivity contribution in [2.45, 2.75) is 13.0 Å². The molecule has 0 aliphatic heterocycles. The molecular weight excluding hydrogens is 303 g/mol. The monoisotopic (exact) mass is 318 g/mol. The van der Waals surface area contributed by atoms with Crippen LogP contribution in [0, 0.1) is 5.82 Å². The zero-order chi connectivity index (χ0) is 14.5. The van der Waals surface area contributed by atoms with Crippen molar-refractivity contribution in [1.82, 2.24) is 10.3 Å². The van der Waals surface area contributed by atoms with Gasteiger partial charge in [-0.3, -0.25) is 0 Å². The normalized spacial score (nSPS) is 10.9. The first-order valence-electron chi connectivity index (χ1n) is 6.74. The second-order valence-corrected chi connectivity index (χ2v) is 6.58. The number of benzene rings is 1. The van der Waals surface area contributed by atoms with Crippen molar-refractivity contribution in [2.75, 3.05) is 6.54 Å². The number of nitrogens with one attached hydrogen (secondary N) is 1. The average molecular weight is 318 g/mol. The van der Waals surface area contributed by atoms with Crippen LogP contribution in [0.4, 0.5) is 4.39 Å². The van der Waals surface area contributed by atoms with E-state index in [-0.39, 0.29) is 5.82 Å². The minimum Gasteiger partial charge on any atom is -0.310 e. The van der Waals surface area contributed by atoms with Gasteiger partial charge in [-0.15, -0.1) is 11.3 Å². The fourth-order valence-corrected chi connectivity index (χ4v) is 3.66. The Labute approximate surface area is 131 Å². The molecule has 0 bridgehead atoms. The SMILES string of the molecule is Fc1cccc(CCNCc2ncc(-c3ccsc3)s2)c1. The summed E-state index contributed by atoms with van der Waals surface area (Å²) in [6.07, 6.45) is 2.75. The molecule has 0 radical (unpaired) electrons. The van der Waals surface area contributed by atoms with E-state index in [1.54, 1.807) is 34.8 Å². The number of halogens is 1. The highest BCUT2D eigenvalue weighted by Crippen LogP contribution is 2.27. The molecule has 0 amide bonds. The summed E-state index contributed by atoms with van der Waals surface area (Å²) in [5, 5.41) is 8.64. The van der Waals surface area contributed by atoms with Gasteiger partial charge in [-0.25, -0.2) is 9.37 Å². The minimum atomic E-state index is -0.173. The van der Waals surface area contributed by atoms with E-state index in [1.807, 2.05) is 12.3 Å². The van der Waals surface area contributed by atoms with E-state index < -0.39 is 0 Å². The molecule has 2 nitrogen and oxygen atoms in total. The van der Waals surface area contributed by atoms with Crippen molar-refractivity contribution in [1.29, 1.82) is 0 Å². The Morgan fingerprint density at radius 3 is 3.00 bits per heavy atom. The number of nitrogens with zero attached hydrogens (tertiary/aromatic N) is 1. The molecule has 5 heteroatoms. The lowest BCUT2D eigenvalue weighted by molar-refractivity contribution is 0.622. The zero-order valence-corrected chi connectivity index (χ0v) is 13.0. The quantitative estimate of drug-likeness (QED) is 0.684. The van der Waals surface area contributed by atoms with Gasteiger partial charge in [0, 0.05) is 18.3 Å². The third-order valence-electron chi connectivity index (χ3n) is 3.11. The van der Waals surface area contributed by atoms with Crippen molar-refractivity contribution >= 4 is 22.7 Å². The van der Waals surface area contributed by atoms with Crippen LogP contribution in [0.15, 0.2) is 47.3 Å². The molecule has 0 aliphatic rings. The summed E-state index contributed by atoms with van der Waals surface area (Å²) in [6, 6.07) is 8.86. The van der Waals surface area contributed by atoms with Crippen LogP contribution in [-0.4, -0.2) is 11.5 Å². The number of thiophene rings is 1. The largest absolute Gasteiger partial charge is 0.310 e. The summed E-state index contributed by atoms with van der Waals surface area (Å²) < 4.78 is 13.1. The van der Waals surface area contributed by atoms with Crippen LogP contribution in [-0.2, 0) is 13.0 Å². The summed E-state index contributed by atoms with van der Waals surface area (Å²) in [6.45, 7) is 1.57. The predicted octanol–water partition coefficient (Wildman–Crippen LogP) is 4.34. The fraction of sp³-hybridized carbons (Fsp3) is 0.188. The first kappa shape index (κ1) is 14.4. The van der Waals surface area contributed by atoms with Crippen molar-refractivity contribution < 1.29 is 4.39 Å². The third-order valence-corrected chi connectivity index (χ3v) is 4.84. The van der Waals surface area contributed by atoms with Crippen molar-refractivity contribution in [3.8, 4) is 10.4 Å². The molecule has 0 saturated carbocycles. The molecular formula is C16H15FN2S2. The van der Waals surface area contributed by atoms with Gasteiger partial charge in [0.25, 0.3) is 0 Å². The second-order valence-electron chi connectivity index (χ2n) is 4.69. The topological polar surface area (TPSA) is 24.9 Å². The van der Waals surface area contributed by atoms with Crippen LogP contribution in [0.3, 0.4) is 0 Å². The molecule has 1 N–H and O–H groups in total. The van der Waals surface area contributed by atoms with Crippen molar-refractivity contribution in [3.63, 3.8) is 0 Å². The van der Waals surface area contributed by atoms with Crippen LogP contribution in [0.2, 0.25) is 0 Å². The fourth-order valence-electron chi connectivity index (χ4n) is 2.05. The molecule has 108 valence electrons. The predicted molar refractivity (Wildman–Crippen MR) is 87.2 cm³/mol. The van der Waals surface area contributed by atoms with Gasteiger partial charge in [-0.2, -0.15) is 11.3 Å². The number of thiazole rings is 1. The van der Waals surface area contributed by atoms with Gasteiger partial charge < -0.3 is 5.32 Å². The van der Waals surface area contributed by atoms with Crippen LogP contribution in [0.5, 0.6) is 0 Å². The molecule has 2 aromatic heterocycles. The summed E-state index contributed by atoms with van der Waals surface area (Å²) in [5.74, 6) is -0.173. The molecule has 0 atom stereocenters. The van der Waals surface area contributed by atoms with Crippen LogP contribution in [0.1, 0.15) is 10.6 Å². The maximum absolute atomic E-state index is 13.1. The van der Waals surface area contributed by atoms with Gasteiger partial charge in [0.05, 0.1) is 4.88 Å². The third kappa shape index (κ3) is 3.97. The molecule has 3 aromatic rings. The van der Waals surface area contributed by atoms with E-state index in [2.05, 4.69) is 27.1 Å². The molecule has 21 heavy (non-hydrogen) atoms. The van der Waals surface area contributed by atoms with Crippen molar-refractivity contribution in [2.24, 2.45) is 0 Å². The van der Waals surface area contributed by atoms with Gasteiger partial charge in [-0.05, 0) is 47.5 Å². The number of hydrogen-bond donors (Lipinski definition) is 1. The molecule has 0 fully saturated rings. The first-order chi connectivity index (χ1) is 10.3. The Balaban J connectivity index is 1.48. The lowest BCUT2D eigenvalue weighted by Crippen LogP contribution is -2.16. The molecule has 2 heterocycles. The lowest BCUT2D eigenvalue weighted by Gasteiger charge is -2.03.